The fourth-order valence-corrected chi connectivity index (χ4v) is 3.84. The van der Waals surface area contributed by atoms with E-state index in [1.54, 1.807) is 0 Å². The average molecular weight is 435 g/mol. The number of alkyl carbamates (subject to hydrolysis) is 1. The molecule has 0 radical (unpaired) electrons. The minimum absolute atomic E-state index is 0.0176. The minimum atomic E-state index is -1.42. The summed E-state index contributed by atoms with van der Waals surface area (Å²) in [6.07, 6.45) is 1.84. The van der Waals surface area contributed by atoms with Gasteiger partial charge in [0, 0.05) is 18.0 Å². The van der Waals surface area contributed by atoms with Crippen molar-refractivity contribution < 1.29 is 28.2 Å². The summed E-state index contributed by atoms with van der Waals surface area (Å²) in [4.78, 5) is 22.9. The Hall–Kier alpha value is -4.00. The predicted molar refractivity (Wildman–Crippen MR) is 115 cm³/mol. The highest BCUT2D eigenvalue weighted by Gasteiger charge is 2.28. The average Bonchev–Trinajstić information content (AvgIpc) is 3.10. The van der Waals surface area contributed by atoms with Gasteiger partial charge in [0.15, 0.2) is 0 Å². The van der Waals surface area contributed by atoms with Crippen molar-refractivity contribution in [1.82, 2.24) is 5.32 Å². The van der Waals surface area contributed by atoms with Crippen LogP contribution in [-0.4, -0.2) is 30.3 Å². The lowest BCUT2D eigenvalue weighted by Gasteiger charge is -2.14. The molecule has 0 saturated heterocycles. The van der Waals surface area contributed by atoms with Gasteiger partial charge < -0.3 is 15.2 Å². The molecule has 0 aromatic heterocycles. The van der Waals surface area contributed by atoms with Crippen LogP contribution in [0.1, 0.15) is 33.0 Å². The van der Waals surface area contributed by atoms with Crippen molar-refractivity contribution >= 4 is 18.1 Å². The second kappa shape index (κ2) is 9.01. The van der Waals surface area contributed by atoms with Gasteiger partial charge in [-0.25, -0.2) is 18.4 Å². The molecular formula is C25H19F2NO4. The largest absolute Gasteiger partial charge is 0.478 e. The maximum Gasteiger partial charge on any atom is 0.407 e. The summed E-state index contributed by atoms with van der Waals surface area (Å²) >= 11 is 0. The molecule has 32 heavy (non-hydrogen) atoms. The highest BCUT2D eigenvalue weighted by atomic mass is 19.1. The number of hydrogen-bond donors (Lipinski definition) is 2. The van der Waals surface area contributed by atoms with E-state index in [0.29, 0.717) is 0 Å². The maximum absolute atomic E-state index is 13.9. The lowest BCUT2D eigenvalue weighted by Crippen LogP contribution is -2.26. The van der Waals surface area contributed by atoms with Gasteiger partial charge in [-0.3, -0.25) is 0 Å². The lowest BCUT2D eigenvalue weighted by atomic mass is 9.98. The molecule has 0 heterocycles. The van der Waals surface area contributed by atoms with Crippen molar-refractivity contribution in [1.29, 1.82) is 0 Å². The Bertz CT molecular complexity index is 1150. The van der Waals surface area contributed by atoms with E-state index in [1.165, 1.54) is 6.08 Å². The zero-order valence-electron chi connectivity index (χ0n) is 16.8. The Kier molecular flexibility index (Phi) is 5.98. The SMILES string of the molecule is O=C(NCC=Cc1c(F)cc(C(=O)O)cc1F)OCC1c2ccccc2-c2ccccc21. The van der Waals surface area contributed by atoms with Crippen LogP contribution in [0, 0.1) is 11.6 Å². The van der Waals surface area contributed by atoms with Gasteiger partial charge in [0.2, 0.25) is 0 Å². The number of benzene rings is 3. The molecule has 1 amide bonds. The summed E-state index contributed by atoms with van der Waals surface area (Å²) in [7, 11) is 0. The standard InChI is InChI=1S/C25H19F2NO4/c26-22-12-15(24(29)30)13-23(27)20(22)10-5-11-28-25(31)32-14-21-18-8-3-1-6-16(18)17-7-2-4-9-19(17)21/h1-10,12-13,21H,11,14H2,(H,28,31)(H,29,30). The third-order valence-electron chi connectivity index (χ3n) is 5.32. The Balaban J connectivity index is 1.34. The van der Waals surface area contributed by atoms with E-state index in [1.807, 2.05) is 48.5 Å². The first-order chi connectivity index (χ1) is 15.5. The van der Waals surface area contributed by atoms with Crippen LogP contribution in [-0.2, 0) is 4.74 Å². The van der Waals surface area contributed by atoms with Gasteiger partial charge in [0.1, 0.15) is 18.2 Å². The van der Waals surface area contributed by atoms with Gasteiger partial charge >= 0.3 is 12.1 Å². The van der Waals surface area contributed by atoms with Crippen LogP contribution in [0.2, 0.25) is 0 Å². The summed E-state index contributed by atoms with van der Waals surface area (Å²) in [5, 5.41) is 11.3. The van der Waals surface area contributed by atoms with E-state index in [2.05, 4.69) is 5.32 Å². The molecule has 2 N–H and O–H groups in total. The lowest BCUT2D eigenvalue weighted by molar-refractivity contribution is 0.0695. The van der Waals surface area contributed by atoms with Crippen LogP contribution in [0.25, 0.3) is 17.2 Å². The van der Waals surface area contributed by atoms with Crippen LogP contribution in [0.4, 0.5) is 13.6 Å². The smallest absolute Gasteiger partial charge is 0.407 e. The van der Waals surface area contributed by atoms with Crippen LogP contribution >= 0.6 is 0 Å². The summed E-state index contributed by atoms with van der Waals surface area (Å²) in [5.41, 5.74) is 3.57. The van der Waals surface area contributed by atoms with Gasteiger partial charge in [0.25, 0.3) is 0 Å². The molecule has 4 rings (SSSR count). The van der Waals surface area contributed by atoms with Crippen LogP contribution in [0.5, 0.6) is 0 Å². The Morgan fingerprint density at radius 3 is 2.09 bits per heavy atom. The number of hydrogen-bond acceptors (Lipinski definition) is 3. The van der Waals surface area contributed by atoms with E-state index < -0.39 is 29.3 Å². The van der Waals surface area contributed by atoms with E-state index >= 15 is 0 Å². The number of aromatic carboxylic acids is 1. The Labute approximate surface area is 183 Å². The first-order valence-electron chi connectivity index (χ1n) is 9.93. The number of carboxylic acid groups (broad SMARTS) is 1. The quantitative estimate of drug-likeness (QED) is 0.557. The second-order valence-electron chi connectivity index (χ2n) is 7.27. The molecule has 7 heteroatoms. The predicted octanol–water partition coefficient (Wildman–Crippen LogP) is 5.21. The van der Waals surface area contributed by atoms with E-state index in [0.717, 1.165) is 40.5 Å². The molecule has 1 aliphatic rings. The monoisotopic (exact) mass is 435 g/mol. The summed E-state index contributed by atoms with van der Waals surface area (Å²) in [6.45, 7) is 0.139. The first kappa shape index (κ1) is 21.2. The molecule has 0 fully saturated rings. The van der Waals surface area contributed by atoms with Gasteiger partial charge in [-0.1, -0.05) is 60.7 Å². The van der Waals surface area contributed by atoms with Crippen molar-refractivity contribution in [3.05, 3.63) is 101 Å². The van der Waals surface area contributed by atoms with Gasteiger partial charge in [-0.15, -0.1) is 0 Å². The van der Waals surface area contributed by atoms with Crippen molar-refractivity contribution in [2.24, 2.45) is 0 Å². The molecular weight excluding hydrogens is 416 g/mol. The molecule has 0 aliphatic heterocycles. The van der Waals surface area contributed by atoms with Gasteiger partial charge in [-0.05, 0) is 34.4 Å². The van der Waals surface area contributed by atoms with Crippen molar-refractivity contribution in [2.45, 2.75) is 5.92 Å². The molecule has 3 aromatic carbocycles. The fraction of sp³-hybridized carbons (Fsp3) is 0.120. The molecule has 5 nitrogen and oxygen atoms in total. The third-order valence-corrected chi connectivity index (χ3v) is 5.32. The van der Waals surface area contributed by atoms with Gasteiger partial charge in [-0.2, -0.15) is 0 Å². The molecule has 0 saturated carbocycles. The van der Waals surface area contributed by atoms with Crippen LogP contribution < -0.4 is 5.32 Å². The zero-order valence-corrected chi connectivity index (χ0v) is 16.8. The number of halogens is 2. The molecule has 0 unspecified atom stereocenters. The molecule has 3 aromatic rings. The van der Waals surface area contributed by atoms with Crippen LogP contribution in [0.15, 0.2) is 66.7 Å². The van der Waals surface area contributed by atoms with E-state index in [4.69, 9.17) is 9.84 Å². The Morgan fingerprint density at radius 1 is 0.969 bits per heavy atom. The van der Waals surface area contributed by atoms with Gasteiger partial charge in [0.05, 0.1) is 5.56 Å². The Morgan fingerprint density at radius 2 is 1.53 bits per heavy atom. The van der Waals surface area contributed by atoms with Crippen molar-refractivity contribution in [3.8, 4) is 11.1 Å². The topological polar surface area (TPSA) is 75.6 Å². The summed E-state index contributed by atoms with van der Waals surface area (Å²) < 4.78 is 33.2. The van der Waals surface area contributed by atoms with E-state index in [-0.39, 0.29) is 24.6 Å². The number of rotatable bonds is 6. The van der Waals surface area contributed by atoms with Crippen molar-refractivity contribution in [2.75, 3.05) is 13.2 Å². The van der Waals surface area contributed by atoms with Crippen molar-refractivity contribution in [3.63, 3.8) is 0 Å². The molecule has 0 atom stereocenters. The number of carbonyl (C=O) groups excluding carboxylic acids is 1. The maximum atomic E-state index is 13.9. The molecule has 0 bridgehead atoms. The number of carbonyl (C=O) groups is 2. The normalized spacial score (nSPS) is 12.4. The summed E-state index contributed by atoms with van der Waals surface area (Å²) in [6, 6.07) is 17.4. The number of amides is 1. The number of fused-ring (bicyclic) bond motifs is 3. The molecule has 0 spiro atoms. The highest BCUT2D eigenvalue weighted by molar-refractivity contribution is 5.88. The number of ether oxygens (including phenoxy) is 1. The third kappa shape index (κ3) is 4.23. The van der Waals surface area contributed by atoms with Crippen LogP contribution in [0.3, 0.4) is 0 Å². The fourth-order valence-electron chi connectivity index (χ4n) is 3.84. The number of nitrogens with one attached hydrogen (secondary N) is 1. The second-order valence-corrected chi connectivity index (χ2v) is 7.27. The summed E-state index contributed by atoms with van der Waals surface area (Å²) in [5.74, 6) is -3.49. The first-order valence-corrected chi connectivity index (χ1v) is 9.93. The molecule has 1 aliphatic carbocycles. The molecule has 162 valence electrons. The number of carboxylic acids is 1. The highest BCUT2D eigenvalue weighted by Crippen LogP contribution is 2.44. The van der Waals surface area contributed by atoms with E-state index in [9.17, 15) is 18.4 Å². The minimum Gasteiger partial charge on any atom is -0.478 e. The zero-order chi connectivity index (χ0) is 22.7.